The summed E-state index contributed by atoms with van der Waals surface area (Å²) in [6, 6.07) is 3.77. The third kappa shape index (κ3) is 2.86. The number of likely N-dealkylation sites (tertiary alicyclic amines) is 1. The van der Waals surface area contributed by atoms with E-state index in [0.717, 1.165) is 29.5 Å². The van der Waals surface area contributed by atoms with Crippen LogP contribution in [0.1, 0.15) is 17.7 Å². The molecule has 0 aromatic carbocycles. The predicted molar refractivity (Wildman–Crippen MR) is 81.8 cm³/mol. The maximum absolute atomic E-state index is 12.6. The average Bonchev–Trinajstić information content (AvgIpc) is 3.11. The smallest absolute Gasteiger partial charge is 0.245 e. The zero-order valence-corrected chi connectivity index (χ0v) is 12.9. The Bertz CT molecular complexity index is 483. The van der Waals surface area contributed by atoms with Gasteiger partial charge in [-0.3, -0.25) is 9.59 Å². The first-order valence-corrected chi connectivity index (χ1v) is 8.97. The molecule has 20 heavy (non-hydrogen) atoms. The lowest BCUT2D eigenvalue weighted by Crippen LogP contribution is -2.49. The van der Waals surface area contributed by atoms with E-state index in [1.54, 1.807) is 16.2 Å². The van der Waals surface area contributed by atoms with Crippen LogP contribution in [0, 0.1) is 0 Å². The van der Waals surface area contributed by atoms with E-state index >= 15 is 0 Å². The highest BCUT2D eigenvalue weighted by atomic mass is 32.2. The van der Waals surface area contributed by atoms with Gasteiger partial charge in [0.2, 0.25) is 11.8 Å². The number of carbonyl (C=O) groups is 2. The molecule has 6 heteroatoms. The molecule has 0 N–H and O–H groups in total. The van der Waals surface area contributed by atoms with Gasteiger partial charge in [-0.2, -0.15) is 11.8 Å². The van der Waals surface area contributed by atoms with Crippen LogP contribution in [0.4, 0.5) is 0 Å². The van der Waals surface area contributed by atoms with Gasteiger partial charge in [0.15, 0.2) is 0 Å². The number of carbonyl (C=O) groups excluding carboxylic acids is 2. The molecule has 2 aliphatic rings. The summed E-state index contributed by atoms with van der Waals surface area (Å²) in [7, 11) is 0. The molecule has 2 saturated heterocycles. The minimum atomic E-state index is -0.243. The molecule has 0 radical (unpaired) electrons. The Morgan fingerprint density at radius 1 is 1.35 bits per heavy atom. The number of amides is 2. The lowest BCUT2D eigenvalue weighted by molar-refractivity contribution is -0.141. The van der Waals surface area contributed by atoms with Crippen LogP contribution in [0.2, 0.25) is 0 Å². The molecule has 4 nitrogen and oxygen atoms in total. The lowest BCUT2D eigenvalue weighted by Gasteiger charge is -2.32. The van der Waals surface area contributed by atoms with E-state index in [0.29, 0.717) is 19.4 Å². The molecule has 1 atom stereocenters. The second-order valence-corrected chi connectivity index (χ2v) is 7.35. The van der Waals surface area contributed by atoms with Gasteiger partial charge in [0, 0.05) is 35.9 Å². The highest BCUT2D eigenvalue weighted by molar-refractivity contribution is 7.99. The Hall–Kier alpha value is -1.01. The van der Waals surface area contributed by atoms with Gasteiger partial charge < -0.3 is 9.80 Å². The van der Waals surface area contributed by atoms with E-state index in [9.17, 15) is 9.59 Å². The quantitative estimate of drug-likeness (QED) is 0.855. The maximum atomic E-state index is 12.6. The molecule has 1 aromatic heterocycles. The van der Waals surface area contributed by atoms with Gasteiger partial charge in [0.05, 0.1) is 6.54 Å². The van der Waals surface area contributed by atoms with Crippen LogP contribution in [0.5, 0.6) is 0 Å². The fourth-order valence-corrected chi connectivity index (χ4v) is 4.36. The van der Waals surface area contributed by atoms with Crippen molar-refractivity contribution in [1.29, 1.82) is 0 Å². The number of rotatable bonds is 3. The van der Waals surface area contributed by atoms with Crippen LogP contribution in [-0.4, -0.2) is 52.3 Å². The van der Waals surface area contributed by atoms with E-state index in [1.807, 2.05) is 34.2 Å². The van der Waals surface area contributed by atoms with Crippen molar-refractivity contribution in [3.63, 3.8) is 0 Å². The number of hydrogen-bond acceptors (Lipinski definition) is 4. The SMILES string of the molecule is O=C(C1CCC(=O)N1Cc1cccs1)N1CCSCC1. The Balaban J connectivity index is 1.70. The standard InChI is InChI=1S/C14H18N2O2S2/c17-13-4-3-12(14(18)15-5-8-19-9-6-15)16(13)10-11-2-1-7-20-11/h1-2,7,12H,3-6,8-10H2. The van der Waals surface area contributed by atoms with E-state index in [-0.39, 0.29) is 17.9 Å². The molecule has 1 aromatic rings. The van der Waals surface area contributed by atoms with Crippen molar-refractivity contribution in [3.05, 3.63) is 22.4 Å². The molecule has 1 unspecified atom stereocenters. The topological polar surface area (TPSA) is 40.6 Å². The van der Waals surface area contributed by atoms with Crippen molar-refractivity contribution >= 4 is 34.9 Å². The van der Waals surface area contributed by atoms with Crippen molar-refractivity contribution in [2.45, 2.75) is 25.4 Å². The third-order valence-corrected chi connectivity index (χ3v) is 5.65. The Morgan fingerprint density at radius 2 is 2.15 bits per heavy atom. The number of thioether (sulfide) groups is 1. The zero-order chi connectivity index (χ0) is 13.9. The molecule has 0 spiro atoms. The summed E-state index contributed by atoms with van der Waals surface area (Å²) >= 11 is 3.53. The molecule has 2 amide bonds. The van der Waals surface area contributed by atoms with Gasteiger partial charge in [0.1, 0.15) is 6.04 Å². The van der Waals surface area contributed by atoms with Gasteiger partial charge in [-0.1, -0.05) is 6.07 Å². The van der Waals surface area contributed by atoms with Gasteiger partial charge in [-0.15, -0.1) is 11.3 Å². The van der Waals surface area contributed by atoms with E-state index in [4.69, 9.17) is 0 Å². The lowest BCUT2D eigenvalue weighted by atomic mass is 10.2. The Kier molecular flexibility index (Phi) is 4.31. The first-order chi connectivity index (χ1) is 9.75. The second kappa shape index (κ2) is 6.18. The van der Waals surface area contributed by atoms with Crippen LogP contribution in [0.15, 0.2) is 17.5 Å². The summed E-state index contributed by atoms with van der Waals surface area (Å²) in [5.74, 6) is 2.28. The Labute approximate surface area is 127 Å². The van der Waals surface area contributed by atoms with Crippen molar-refractivity contribution < 1.29 is 9.59 Å². The van der Waals surface area contributed by atoms with Crippen LogP contribution < -0.4 is 0 Å². The fraction of sp³-hybridized carbons (Fsp3) is 0.571. The average molecular weight is 310 g/mol. The summed E-state index contributed by atoms with van der Waals surface area (Å²) in [5.41, 5.74) is 0. The van der Waals surface area contributed by atoms with Crippen molar-refractivity contribution in [2.75, 3.05) is 24.6 Å². The third-order valence-electron chi connectivity index (χ3n) is 3.84. The van der Waals surface area contributed by atoms with Crippen molar-refractivity contribution in [3.8, 4) is 0 Å². The molecule has 3 rings (SSSR count). The van der Waals surface area contributed by atoms with Crippen molar-refractivity contribution in [2.24, 2.45) is 0 Å². The van der Waals surface area contributed by atoms with Crippen molar-refractivity contribution in [1.82, 2.24) is 9.80 Å². The fourth-order valence-electron chi connectivity index (χ4n) is 2.75. The molecule has 2 fully saturated rings. The molecule has 2 aliphatic heterocycles. The normalized spacial score (nSPS) is 23.4. The first-order valence-electron chi connectivity index (χ1n) is 6.94. The number of hydrogen-bond donors (Lipinski definition) is 0. The van der Waals surface area contributed by atoms with Crippen LogP contribution >= 0.6 is 23.1 Å². The summed E-state index contributed by atoms with van der Waals surface area (Å²) in [6.07, 6.45) is 1.18. The maximum Gasteiger partial charge on any atom is 0.245 e. The van der Waals surface area contributed by atoms with Gasteiger partial charge in [-0.25, -0.2) is 0 Å². The summed E-state index contributed by atoms with van der Waals surface area (Å²) in [6.45, 7) is 2.22. The summed E-state index contributed by atoms with van der Waals surface area (Å²) < 4.78 is 0. The molecule has 0 bridgehead atoms. The van der Waals surface area contributed by atoms with Gasteiger partial charge in [0.25, 0.3) is 0 Å². The summed E-state index contributed by atoms with van der Waals surface area (Å²) in [4.78, 5) is 29.5. The molecular formula is C14H18N2O2S2. The van der Waals surface area contributed by atoms with E-state index in [2.05, 4.69) is 0 Å². The molecule has 0 aliphatic carbocycles. The van der Waals surface area contributed by atoms with E-state index < -0.39 is 0 Å². The monoisotopic (exact) mass is 310 g/mol. The highest BCUT2D eigenvalue weighted by Gasteiger charge is 2.38. The minimum Gasteiger partial charge on any atom is -0.339 e. The zero-order valence-electron chi connectivity index (χ0n) is 11.3. The van der Waals surface area contributed by atoms with E-state index in [1.165, 1.54) is 0 Å². The number of thiophene rings is 1. The molecule has 0 saturated carbocycles. The van der Waals surface area contributed by atoms with Crippen LogP contribution in [-0.2, 0) is 16.1 Å². The predicted octanol–water partition coefficient (Wildman–Crippen LogP) is 1.81. The molecular weight excluding hydrogens is 292 g/mol. The minimum absolute atomic E-state index is 0.114. The second-order valence-electron chi connectivity index (χ2n) is 5.09. The summed E-state index contributed by atoms with van der Waals surface area (Å²) in [5, 5.41) is 2.01. The van der Waals surface area contributed by atoms with Gasteiger partial charge >= 0.3 is 0 Å². The molecule has 3 heterocycles. The van der Waals surface area contributed by atoms with Crippen LogP contribution in [0.25, 0.3) is 0 Å². The van der Waals surface area contributed by atoms with Crippen LogP contribution in [0.3, 0.4) is 0 Å². The number of nitrogens with zero attached hydrogens (tertiary/aromatic N) is 2. The highest BCUT2D eigenvalue weighted by Crippen LogP contribution is 2.25. The Morgan fingerprint density at radius 3 is 2.85 bits per heavy atom. The first kappa shape index (κ1) is 13.9. The largest absolute Gasteiger partial charge is 0.339 e. The molecule has 108 valence electrons. The van der Waals surface area contributed by atoms with Gasteiger partial charge in [-0.05, 0) is 17.9 Å².